The number of ether oxygens (including phenoxy) is 1. The van der Waals surface area contributed by atoms with Gasteiger partial charge in [0.2, 0.25) is 10.0 Å². The molecule has 0 spiro atoms. The molecule has 0 aliphatic carbocycles. The van der Waals surface area contributed by atoms with Gasteiger partial charge in [-0.3, -0.25) is 0 Å². The van der Waals surface area contributed by atoms with Crippen LogP contribution in [0.5, 0.6) is 5.75 Å². The minimum absolute atomic E-state index is 0.0332. The summed E-state index contributed by atoms with van der Waals surface area (Å²) >= 11 is 18.6. The second-order valence-electron chi connectivity index (χ2n) is 7.91. The lowest BCUT2D eigenvalue weighted by atomic mass is 9.96. The van der Waals surface area contributed by atoms with Crippen molar-refractivity contribution in [1.29, 1.82) is 0 Å². The van der Waals surface area contributed by atoms with Crippen LogP contribution in [0.2, 0.25) is 15.1 Å². The third-order valence-corrected chi connectivity index (χ3v) is 7.80. The largest absolute Gasteiger partial charge is 0.495 e. The molecule has 0 radical (unpaired) electrons. The molecule has 0 saturated heterocycles. The van der Waals surface area contributed by atoms with Crippen LogP contribution in [0, 0.1) is 6.92 Å². The summed E-state index contributed by atoms with van der Waals surface area (Å²) in [5.74, 6) is 0.240. The van der Waals surface area contributed by atoms with Gasteiger partial charge in [0.05, 0.1) is 24.9 Å². The number of nitrogens with one attached hydrogen (secondary N) is 2. The number of sulfonamides is 1. The second-order valence-corrected chi connectivity index (χ2v) is 10.9. The topological polar surface area (TPSA) is 79.8 Å². The highest BCUT2D eigenvalue weighted by molar-refractivity contribution is 7.89. The summed E-state index contributed by atoms with van der Waals surface area (Å²) in [7, 11) is -2.59. The van der Waals surface area contributed by atoms with Gasteiger partial charge in [-0.15, -0.1) is 0 Å². The maximum Gasteiger partial charge on any atom is 0.245 e. The first-order valence-electron chi connectivity index (χ1n) is 10.4. The van der Waals surface area contributed by atoms with E-state index in [1.165, 1.54) is 7.11 Å². The zero-order valence-corrected chi connectivity index (χ0v) is 21.4. The molecule has 6 nitrogen and oxygen atoms in total. The molecule has 0 fully saturated rings. The van der Waals surface area contributed by atoms with E-state index in [4.69, 9.17) is 39.5 Å². The third kappa shape index (κ3) is 5.34. The normalized spacial score (nSPS) is 16.6. The Hall–Kier alpha value is -2.29. The fourth-order valence-corrected chi connectivity index (χ4v) is 5.89. The Bertz CT molecular complexity index is 1350. The summed E-state index contributed by atoms with van der Waals surface area (Å²) in [6, 6.07) is 16.4. The van der Waals surface area contributed by atoms with E-state index in [0.29, 0.717) is 32.8 Å². The molecule has 2 N–H and O–H groups in total. The van der Waals surface area contributed by atoms with E-state index in [1.54, 1.807) is 48.5 Å². The molecule has 0 bridgehead atoms. The molecule has 4 rings (SSSR count). The molecule has 1 heterocycles. The van der Waals surface area contributed by atoms with Gasteiger partial charge < -0.3 is 10.2 Å². The summed E-state index contributed by atoms with van der Waals surface area (Å²) in [5, 5.41) is 5.88. The average Bonchev–Trinajstić information content (AvgIpc) is 3.28. The van der Waals surface area contributed by atoms with Crippen LogP contribution in [0.15, 0.2) is 70.7 Å². The Morgan fingerprint density at radius 1 is 1.03 bits per heavy atom. The van der Waals surface area contributed by atoms with E-state index >= 15 is 0 Å². The molecular weight excluding hydrogens is 517 g/mol. The Morgan fingerprint density at radius 3 is 2.41 bits per heavy atom. The van der Waals surface area contributed by atoms with Crippen LogP contribution in [-0.4, -0.2) is 21.2 Å². The predicted octanol–water partition coefficient (Wildman–Crippen LogP) is 6.07. The Labute approximate surface area is 213 Å². The molecule has 1 aliphatic heterocycles. The highest BCUT2D eigenvalue weighted by Crippen LogP contribution is 2.34. The first-order chi connectivity index (χ1) is 16.2. The maximum absolute atomic E-state index is 13.5. The molecule has 2 unspecified atom stereocenters. The van der Waals surface area contributed by atoms with Crippen molar-refractivity contribution >= 4 is 50.5 Å². The maximum atomic E-state index is 13.5. The number of benzene rings is 3. The lowest BCUT2D eigenvalue weighted by Crippen LogP contribution is -2.34. The van der Waals surface area contributed by atoms with E-state index in [9.17, 15) is 8.42 Å². The van der Waals surface area contributed by atoms with E-state index in [1.807, 2.05) is 19.1 Å². The fraction of sp³-hybridized carbons (Fsp3) is 0.208. The molecule has 34 heavy (non-hydrogen) atoms. The standard InChI is InChI=1S/C24H22Cl3N3O3S/c1-14-3-10-22(33-2)23(11-14)34(31,32)30-24(18-9-8-17(26)12-19(18)27)21-13-20(28-29-21)15-4-6-16(25)7-5-15/h3-12,20,24,28,30H,13H2,1-2H3. The number of methoxy groups -OCH3 is 1. The van der Waals surface area contributed by atoms with Gasteiger partial charge in [0.25, 0.3) is 0 Å². The van der Waals surface area contributed by atoms with Crippen molar-refractivity contribution < 1.29 is 13.2 Å². The first kappa shape index (κ1) is 24.8. The van der Waals surface area contributed by atoms with Gasteiger partial charge in [-0.2, -0.15) is 9.82 Å². The van der Waals surface area contributed by atoms with Gasteiger partial charge in [-0.25, -0.2) is 8.42 Å². The highest BCUT2D eigenvalue weighted by atomic mass is 35.5. The molecule has 2 atom stereocenters. The molecule has 3 aromatic rings. The molecule has 3 aromatic carbocycles. The van der Waals surface area contributed by atoms with Crippen LogP contribution in [0.3, 0.4) is 0 Å². The van der Waals surface area contributed by atoms with Crippen molar-refractivity contribution in [2.45, 2.75) is 30.3 Å². The monoisotopic (exact) mass is 537 g/mol. The molecule has 10 heteroatoms. The van der Waals surface area contributed by atoms with E-state index in [2.05, 4.69) is 15.2 Å². The molecule has 178 valence electrons. The van der Waals surface area contributed by atoms with Crippen LogP contribution in [0.25, 0.3) is 0 Å². The number of hydrazone groups is 1. The van der Waals surface area contributed by atoms with Crippen LogP contribution < -0.4 is 14.9 Å². The third-order valence-electron chi connectivity index (χ3n) is 5.54. The van der Waals surface area contributed by atoms with Crippen LogP contribution in [-0.2, 0) is 10.0 Å². The molecular formula is C24H22Cl3N3O3S. The smallest absolute Gasteiger partial charge is 0.245 e. The summed E-state index contributed by atoms with van der Waals surface area (Å²) < 4.78 is 35.1. The number of hydrogen-bond acceptors (Lipinski definition) is 5. The van der Waals surface area contributed by atoms with Crippen LogP contribution in [0.4, 0.5) is 0 Å². The average molecular weight is 539 g/mol. The van der Waals surface area contributed by atoms with Crippen molar-refractivity contribution in [1.82, 2.24) is 10.1 Å². The van der Waals surface area contributed by atoms with Crippen molar-refractivity contribution in [3.05, 3.63) is 92.4 Å². The van der Waals surface area contributed by atoms with Gasteiger partial charge in [0.1, 0.15) is 10.6 Å². The fourth-order valence-electron chi connectivity index (χ4n) is 3.79. The Balaban J connectivity index is 1.71. The number of aryl methyl sites for hydroxylation is 1. The minimum Gasteiger partial charge on any atom is -0.495 e. The predicted molar refractivity (Wildman–Crippen MR) is 137 cm³/mol. The van der Waals surface area contributed by atoms with Crippen LogP contribution in [0.1, 0.15) is 35.2 Å². The number of halogens is 3. The second kappa shape index (κ2) is 10.1. The zero-order valence-electron chi connectivity index (χ0n) is 18.3. The first-order valence-corrected chi connectivity index (χ1v) is 13.0. The zero-order chi connectivity index (χ0) is 24.5. The lowest BCUT2D eigenvalue weighted by molar-refractivity contribution is 0.402. The lowest BCUT2D eigenvalue weighted by Gasteiger charge is -2.22. The summed E-state index contributed by atoms with van der Waals surface area (Å²) in [5.41, 5.74) is 5.98. The number of rotatable bonds is 7. The van der Waals surface area contributed by atoms with Gasteiger partial charge >= 0.3 is 0 Å². The van der Waals surface area contributed by atoms with Crippen molar-refractivity contribution in [3.8, 4) is 5.75 Å². The highest BCUT2D eigenvalue weighted by Gasteiger charge is 2.33. The van der Waals surface area contributed by atoms with Gasteiger partial charge in [-0.05, 0) is 60.0 Å². The Morgan fingerprint density at radius 2 is 1.74 bits per heavy atom. The summed E-state index contributed by atoms with van der Waals surface area (Å²) in [4.78, 5) is 0.0332. The van der Waals surface area contributed by atoms with Crippen molar-refractivity contribution in [2.24, 2.45) is 5.10 Å². The van der Waals surface area contributed by atoms with E-state index < -0.39 is 16.1 Å². The molecule has 0 amide bonds. The van der Waals surface area contributed by atoms with E-state index in [0.717, 1.165) is 11.1 Å². The number of nitrogens with zero attached hydrogens (tertiary/aromatic N) is 1. The van der Waals surface area contributed by atoms with Crippen molar-refractivity contribution in [2.75, 3.05) is 7.11 Å². The SMILES string of the molecule is COc1ccc(C)cc1S(=O)(=O)NC(C1=NNC(c2ccc(Cl)cc2)C1)c1ccc(Cl)cc1Cl. The molecule has 0 saturated carbocycles. The quantitative estimate of drug-likeness (QED) is 0.382. The van der Waals surface area contributed by atoms with Gasteiger partial charge in [-0.1, -0.05) is 59.1 Å². The molecule has 0 aromatic heterocycles. The van der Waals surface area contributed by atoms with Gasteiger partial charge in [0, 0.05) is 21.5 Å². The molecule has 1 aliphatic rings. The summed E-state index contributed by atoms with van der Waals surface area (Å²) in [6.07, 6.45) is 0.457. The van der Waals surface area contributed by atoms with Crippen LogP contribution >= 0.6 is 34.8 Å². The van der Waals surface area contributed by atoms with Crippen molar-refractivity contribution in [3.63, 3.8) is 0 Å². The summed E-state index contributed by atoms with van der Waals surface area (Å²) in [6.45, 7) is 1.81. The Kier molecular flexibility index (Phi) is 7.40. The van der Waals surface area contributed by atoms with E-state index in [-0.39, 0.29) is 16.7 Å². The number of hydrogen-bond donors (Lipinski definition) is 2. The minimum atomic E-state index is -4.02. The van der Waals surface area contributed by atoms with Gasteiger partial charge in [0.15, 0.2) is 0 Å².